The van der Waals surface area contributed by atoms with Crippen molar-refractivity contribution >= 4 is 21.6 Å². The number of hydrogen-bond donors (Lipinski definition) is 2. The Hall–Kier alpha value is -3.32. The Labute approximate surface area is 183 Å². The summed E-state index contributed by atoms with van der Waals surface area (Å²) in [6, 6.07) is 21.0. The average molecular weight is 439 g/mol. The summed E-state index contributed by atoms with van der Waals surface area (Å²) in [5, 5.41) is 2.89. The van der Waals surface area contributed by atoms with Crippen LogP contribution in [0.1, 0.15) is 27.9 Å². The molecule has 0 saturated carbocycles. The number of methoxy groups -OCH3 is 1. The van der Waals surface area contributed by atoms with Crippen molar-refractivity contribution in [3.05, 3.63) is 89.5 Å². The Bertz CT molecular complexity index is 1130. The number of nitrogens with one attached hydrogen (secondary N) is 2. The largest absolute Gasteiger partial charge is 0.497 e. The Morgan fingerprint density at radius 3 is 2.35 bits per heavy atom. The number of amides is 1. The van der Waals surface area contributed by atoms with E-state index in [1.165, 1.54) is 17.7 Å². The molecule has 2 N–H and O–H groups in total. The van der Waals surface area contributed by atoms with Crippen molar-refractivity contribution in [1.29, 1.82) is 0 Å². The molecule has 0 radical (unpaired) electrons. The molecule has 0 saturated heterocycles. The van der Waals surface area contributed by atoms with Gasteiger partial charge in [-0.1, -0.05) is 36.4 Å². The van der Waals surface area contributed by atoms with E-state index in [2.05, 4.69) is 10.0 Å². The monoisotopic (exact) mass is 438 g/mol. The number of anilines is 1. The van der Waals surface area contributed by atoms with Crippen LogP contribution < -0.4 is 14.8 Å². The molecule has 6 nitrogen and oxygen atoms in total. The molecule has 31 heavy (non-hydrogen) atoms. The van der Waals surface area contributed by atoms with Crippen LogP contribution in [0.4, 0.5) is 5.69 Å². The molecular formula is C24H26N2O4S. The summed E-state index contributed by atoms with van der Waals surface area (Å²) in [6.07, 6.45) is 1.62. The fourth-order valence-electron chi connectivity index (χ4n) is 3.07. The maximum atomic E-state index is 12.6. The van der Waals surface area contributed by atoms with E-state index in [4.69, 9.17) is 4.74 Å². The van der Waals surface area contributed by atoms with E-state index in [0.29, 0.717) is 17.8 Å². The lowest BCUT2D eigenvalue weighted by Crippen LogP contribution is -2.25. The van der Waals surface area contributed by atoms with Crippen molar-refractivity contribution < 1.29 is 17.9 Å². The van der Waals surface area contributed by atoms with Crippen LogP contribution in [-0.4, -0.2) is 28.0 Å². The molecule has 0 spiro atoms. The molecule has 0 heterocycles. The summed E-state index contributed by atoms with van der Waals surface area (Å²) in [5.74, 6) is 0.574. The van der Waals surface area contributed by atoms with Crippen LogP contribution in [0.5, 0.6) is 5.75 Å². The molecule has 3 aromatic carbocycles. The molecule has 0 fully saturated rings. The molecular weight excluding hydrogens is 412 g/mol. The molecule has 7 heteroatoms. The zero-order valence-electron chi connectivity index (χ0n) is 17.6. The topological polar surface area (TPSA) is 84.5 Å². The standard InChI is InChI=1S/C24H26N2O4S/c1-18-10-13-20(17-23(18)26-31(28,29)22-8-4-3-5-9-22)24(27)25-16-6-7-19-11-14-21(30-2)15-12-19/h3-5,8-15,17,26H,6-7,16H2,1-2H3,(H,25,27). The highest BCUT2D eigenvalue weighted by molar-refractivity contribution is 7.92. The first-order valence-corrected chi connectivity index (χ1v) is 11.5. The van der Waals surface area contributed by atoms with E-state index in [0.717, 1.165) is 24.2 Å². The third-order valence-electron chi connectivity index (χ3n) is 4.88. The molecule has 0 atom stereocenters. The summed E-state index contributed by atoms with van der Waals surface area (Å²) in [5.41, 5.74) is 2.69. The zero-order chi connectivity index (χ0) is 22.3. The Kier molecular flexibility index (Phi) is 7.31. The van der Waals surface area contributed by atoms with Gasteiger partial charge in [-0.15, -0.1) is 0 Å². The van der Waals surface area contributed by atoms with Crippen molar-refractivity contribution in [2.45, 2.75) is 24.7 Å². The maximum absolute atomic E-state index is 12.6. The molecule has 162 valence electrons. The minimum absolute atomic E-state index is 0.169. The van der Waals surface area contributed by atoms with E-state index in [9.17, 15) is 13.2 Å². The molecule has 0 aliphatic carbocycles. The first-order valence-electron chi connectivity index (χ1n) is 9.99. The van der Waals surface area contributed by atoms with Gasteiger partial charge in [0.25, 0.3) is 15.9 Å². The minimum Gasteiger partial charge on any atom is -0.497 e. The normalized spacial score (nSPS) is 11.0. The Balaban J connectivity index is 1.59. The third kappa shape index (κ3) is 6.08. The number of ether oxygens (including phenoxy) is 1. The number of sulfonamides is 1. The van der Waals surface area contributed by atoms with E-state index < -0.39 is 10.0 Å². The minimum atomic E-state index is -3.73. The van der Waals surface area contributed by atoms with Crippen LogP contribution in [0, 0.1) is 6.92 Å². The van der Waals surface area contributed by atoms with Crippen molar-refractivity contribution in [2.75, 3.05) is 18.4 Å². The zero-order valence-corrected chi connectivity index (χ0v) is 18.4. The summed E-state index contributed by atoms with van der Waals surface area (Å²) >= 11 is 0. The number of hydrogen-bond acceptors (Lipinski definition) is 4. The molecule has 1 amide bonds. The third-order valence-corrected chi connectivity index (χ3v) is 6.27. The Morgan fingerprint density at radius 1 is 0.968 bits per heavy atom. The van der Waals surface area contributed by atoms with Crippen molar-refractivity contribution in [2.24, 2.45) is 0 Å². The Morgan fingerprint density at radius 2 is 1.68 bits per heavy atom. The number of carbonyl (C=O) groups is 1. The van der Waals surface area contributed by atoms with Crippen LogP contribution in [-0.2, 0) is 16.4 Å². The number of benzene rings is 3. The summed E-state index contributed by atoms with van der Waals surface area (Å²) in [7, 11) is -2.09. The molecule has 3 aromatic rings. The van der Waals surface area contributed by atoms with Gasteiger partial charge in [0.2, 0.25) is 0 Å². The maximum Gasteiger partial charge on any atom is 0.261 e. The lowest BCUT2D eigenvalue weighted by atomic mass is 10.1. The fraction of sp³-hybridized carbons (Fsp3) is 0.208. The number of rotatable bonds is 9. The van der Waals surface area contributed by atoms with Gasteiger partial charge in [0.15, 0.2) is 0 Å². The van der Waals surface area contributed by atoms with Gasteiger partial charge < -0.3 is 10.1 Å². The van der Waals surface area contributed by atoms with Crippen molar-refractivity contribution in [3.63, 3.8) is 0 Å². The predicted molar refractivity (Wildman–Crippen MR) is 122 cm³/mol. The second-order valence-corrected chi connectivity index (χ2v) is 8.84. The number of carbonyl (C=O) groups excluding carboxylic acids is 1. The van der Waals surface area contributed by atoms with Gasteiger partial charge in [0.05, 0.1) is 17.7 Å². The summed E-state index contributed by atoms with van der Waals surface area (Å²) < 4.78 is 32.9. The molecule has 0 unspecified atom stereocenters. The van der Waals surface area contributed by atoms with E-state index >= 15 is 0 Å². The molecule has 0 aromatic heterocycles. The van der Waals surface area contributed by atoms with Gasteiger partial charge in [-0.05, 0) is 67.3 Å². The highest BCUT2D eigenvalue weighted by Crippen LogP contribution is 2.21. The van der Waals surface area contributed by atoms with Gasteiger partial charge >= 0.3 is 0 Å². The van der Waals surface area contributed by atoms with Crippen LogP contribution in [0.3, 0.4) is 0 Å². The van der Waals surface area contributed by atoms with Gasteiger partial charge in [-0.3, -0.25) is 9.52 Å². The quantitative estimate of drug-likeness (QED) is 0.491. The first kappa shape index (κ1) is 22.4. The molecule has 0 aliphatic rings. The highest BCUT2D eigenvalue weighted by atomic mass is 32.2. The van der Waals surface area contributed by atoms with E-state index in [1.807, 2.05) is 24.3 Å². The second kappa shape index (κ2) is 10.1. The van der Waals surface area contributed by atoms with Crippen LogP contribution in [0.2, 0.25) is 0 Å². The lowest BCUT2D eigenvalue weighted by molar-refractivity contribution is 0.0953. The number of aryl methyl sites for hydroxylation is 2. The lowest BCUT2D eigenvalue weighted by Gasteiger charge is -2.12. The molecule has 0 aliphatic heterocycles. The fourth-order valence-corrected chi connectivity index (χ4v) is 4.21. The predicted octanol–water partition coefficient (Wildman–Crippen LogP) is 4.17. The van der Waals surface area contributed by atoms with Crippen LogP contribution in [0.15, 0.2) is 77.7 Å². The molecule has 0 bridgehead atoms. The van der Waals surface area contributed by atoms with Gasteiger partial charge in [-0.25, -0.2) is 8.42 Å². The van der Waals surface area contributed by atoms with Gasteiger partial charge in [0.1, 0.15) is 5.75 Å². The average Bonchev–Trinajstić information content (AvgIpc) is 2.79. The highest BCUT2D eigenvalue weighted by Gasteiger charge is 2.16. The summed E-state index contributed by atoms with van der Waals surface area (Å²) in [6.45, 7) is 2.31. The summed E-state index contributed by atoms with van der Waals surface area (Å²) in [4.78, 5) is 12.7. The van der Waals surface area contributed by atoms with Gasteiger partial charge in [-0.2, -0.15) is 0 Å². The van der Waals surface area contributed by atoms with E-state index in [1.54, 1.807) is 50.4 Å². The smallest absolute Gasteiger partial charge is 0.261 e. The van der Waals surface area contributed by atoms with Crippen molar-refractivity contribution in [3.8, 4) is 5.75 Å². The SMILES string of the molecule is COc1ccc(CCCNC(=O)c2ccc(C)c(NS(=O)(=O)c3ccccc3)c2)cc1. The van der Waals surface area contributed by atoms with E-state index in [-0.39, 0.29) is 10.8 Å². The van der Waals surface area contributed by atoms with Crippen molar-refractivity contribution in [1.82, 2.24) is 5.32 Å². The second-order valence-electron chi connectivity index (χ2n) is 7.16. The molecule has 3 rings (SSSR count). The van der Waals surface area contributed by atoms with Gasteiger partial charge in [0, 0.05) is 12.1 Å². The first-order chi connectivity index (χ1) is 14.9. The van der Waals surface area contributed by atoms with Crippen LogP contribution in [0.25, 0.3) is 0 Å². The van der Waals surface area contributed by atoms with Crippen LogP contribution >= 0.6 is 0 Å².